The second kappa shape index (κ2) is 10.5. The van der Waals surface area contributed by atoms with Crippen LogP contribution in [0.5, 0.6) is 5.75 Å². The highest BCUT2D eigenvalue weighted by Gasteiger charge is 2.40. The van der Waals surface area contributed by atoms with Crippen LogP contribution in [0.4, 0.5) is 4.39 Å². The molecule has 2 aliphatic rings. The lowest BCUT2D eigenvalue weighted by atomic mass is 9.82. The monoisotopic (exact) mass is 535 g/mol. The van der Waals surface area contributed by atoms with Gasteiger partial charge in [-0.15, -0.1) is 0 Å². The third-order valence-corrected chi connectivity index (χ3v) is 9.22. The number of aryl methyl sites for hydroxylation is 1. The number of halogens is 1. The fourth-order valence-electron chi connectivity index (χ4n) is 5.80. The zero-order chi connectivity index (χ0) is 27.0. The number of nitrogens with zero attached hydrogens (tertiary/aromatic N) is 1. The van der Waals surface area contributed by atoms with E-state index in [0.29, 0.717) is 11.0 Å². The summed E-state index contributed by atoms with van der Waals surface area (Å²) in [6.07, 6.45) is 4.04. The molecule has 0 atom stereocenters. The first kappa shape index (κ1) is 26.9. The predicted molar refractivity (Wildman–Crippen MR) is 151 cm³/mol. The van der Waals surface area contributed by atoms with E-state index in [9.17, 15) is 8.42 Å². The summed E-state index contributed by atoms with van der Waals surface area (Å²) in [6, 6.07) is 20.0. The zero-order valence-corrected chi connectivity index (χ0v) is 23.5. The summed E-state index contributed by atoms with van der Waals surface area (Å²) in [5, 5.41) is 0. The molecule has 38 heavy (non-hydrogen) atoms. The molecule has 1 spiro atoms. The summed E-state index contributed by atoms with van der Waals surface area (Å²) in [5.74, 6) is 0.0273. The van der Waals surface area contributed by atoms with Gasteiger partial charge in [-0.25, -0.2) is 12.8 Å². The molecule has 0 amide bonds. The molecule has 6 heteroatoms. The number of piperidine rings is 1. The molecule has 0 radical (unpaired) electrons. The Morgan fingerprint density at radius 1 is 0.895 bits per heavy atom. The van der Waals surface area contributed by atoms with Crippen LogP contribution in [0.1, 0.15) is 56.7 Å². The van der Waals surface area contributed by atoms with Crippen molar-refractivity contribution in [2.45, 2.75) is 63.6 Å². The maximum atomic E-state index is 15.0. The summed E-state index contributed by atoms with van der Waals surface area (Å²) in [4.78, 5) is 2.55. The number of hydrogen-bond acceptors (Lipinski definition) is 4. The van der Waals surface area contributed by atoms with Gasteiger partial charge in [0.15, 0.2) is 9.84 Å². The molecular formula is C32H38FNO3S. The van der Waals surface area contributed by atoms with Crippen LogP contribution >= 0.6 is 0 Å². The summed E-state index contributed by atoms with van der Waals surface area (Å²) in [5.41, 5.74) is 3.94. The fraction of sp³-hybridized carbons (Fsp3) is 0.438. The number of rotatable bonds is 6. The SMILES string of the molecule is CC(C)(C)CN1CCC2(CCc3cc(-c4ccc(CS(=O)(=O)Cc5ccccc5)c(F)c4)ccc3O2)CC1. The molecule has 202 valence electrons. The van der Waals surface area contributed by atoms with E-state index in [-0.39, 0.29) is 22.7 Å². The Balaban J connectivity index is 1.25. The van der Waals surface area contributed by atoms with E-state index in [0.717, 1.165) is 67.8 Å². The van der Waals surface area contributed by atoms with Gasteiger partial charge in [0.2, 0.25) is 0 Å². The fourth-order valence-corrected chi connectivity index (χ4v) is 7.31. The summed E-state index contributed by atoms with van der Waals surface area (Å²) in [7, 11) is -3.49. The van der Waals surface area contributed by atoms with Crippen LogP contribution in [-0.2, 0) is 27.8 Å². The lowest BCUT2D eigenvalue weighted by Gasteiger charge is -2.45. The van der Waals surface area contributed by atoms with Crippen molar-refractivity contribution in [1.82, 2.24) is 4.90 Å². The lowest BCUT2D eigenvalue weighted by molar-refractivity contribution is -0.0206. The molecule has 5 rings (SSSR count). The van der Waals surface area contributed by atoms with Crippen molar-refractivity contribution < 1.29 is 17.5 Å². The number of sulfone groups is 1. The molecule has 0 N–H and O–H groups in total. The Morgan fingerprint density at radius 2 is 1.58 bits per heavy atom. The zero-order valence-electron chi connectivity index (χ0n) is 22.7. The smallest absolute Gasteiger partial charge is 0.158 e. The molecule has 2 aliphatic heterocycles. The van der Waals surface area contributed by atoms with Crippen molar-refractivity contribution in [2.24, 2.45) is 5.41 Å². The number of hydrogen-bond donors (Lipinski definition) is 0. The second-order valence-electron chi connectivity index (χ2n) is 12.3. The third kappa shape index (κ3) is 6.47. The number of ether oxygens (including phenoxy) is 1. The Labute approximate surface area is 226 Å². The summed E-state index contributed by atoms with van der Waals surface area (Å²) >= 11 is 0. The minimum Gasteiger partial charge on any atom is -0.487 e. The first-order chi connectivity index (χ1) is 18.0. The van der Waals surface area contributed by atoms with Crippen LogP contribution in [0.15, 0.2) is 66.7 Å². The standard InChI is InChI=1S/C32H38FNO3S/c1-31(2,3)23-34-17-15-32(16-18-34)14-13-27-19-25(11-12-30(27)37-32)26-9-10-28(29(33)20-26)22-38(35,36)21-24-7-5-4-6-8-24/h4-12,19-20H,13-18,21-23H2,1-3H3. The summed E-state index contributed by atoms with van der Waals surface area (Å²) < 4.78 is 47.0. The highest BCUT2D eigenvalue weighted by molar-refractivity contribution is 7.89. The average molecular weight is 536 g/mol. The van der Waals surface area contributed by atoms with Crippen molar-refractivity contribution in [1.29, 1.82) is 0 Å². The van der Waals surface area contributed by atoms with E-state index in [1.807, 2.05) is 24.3 Å². The van der Waals surface area contributed by atoms with Crippen molar-refractivity contribution in [2.75, 3.05) is 19.6 Å². The van der Waals surface area contributed by atoms with Gasteiger partial charge in [0.05, 0.1) is 11.5 Å². The van der Waals surface area contributed by atoms with E-state index in [1.54, 1.807) is 30.3 Å². The molecule has 0 unspecified atom stereocenters. The Kier molecular flexibility index (Phi) is 7.40. The van der Waals surface area contributed by atoms with Gasteiger partial charge in [0.1, 0.15) is 17.2 Å². The first-order valence-electron chi connectivity index (χ1n) is 13.6. The van der Waals surface area contributed by atoms with E-state index < -0.39 is 15.7 Å². The van der Waals surface area contributed by atoms with E-state index in [4.69, 9.17) is 4.74 Å². The molecule has 0 aromatic heterocycles. The van der Waals surface area contributed by atoms with Gasteiger partial charge in [0, 0.05) is 25.2 Å². The molecule has 1 fully saturated rings. The van der Waals surface area contributed by atoms with Crippen LogP contribution in [0.25, 0.3) is 11.1 Å². The lowest BCUT2D eigenvalue weighted by Crippen LogP contribution is -2.51. The van der Waals surface area contributed by atoms with E-state index in [1.165, 1.54) is 6.07 Å². The molecule has 3 aromatic rings. The number of fused-ring (bicyclic) bond motifs is 1. The second-order valence-corrected chi connectivity index (χ2v) is 14.3. The maximum Gasteiger partial charge on any atom is 0.158 e. The number of likely N-dealkylation sites (tertiary alicyclic amines) is 1. The third-order valence-electron chi connectivity index (χ3n) is 7.69. The van der Waals surface area contributed by atoms with E-state index >= 15 is 4.39 Å². The van der Waals surface area contributed by atoms with Gasteiger partial charge in [-0.1, -0.05) is 69.3 Å². The van der Waals surface area contributed by atoms with Gasteiger partial charge in [-0.05, 0) is 71.6 Å². The predicted octanol–water partition coefficient (Wildman–Crippen LogP) is 6.81. The highest BCUT2D eigenvalue weighted by Crippen LogP contribution is 2.41. The van der Waals surface area contributed by atoms with Crippen LogP contribution in [-0.4, -0.2) is 38.6 Å². The molecule has 0 aliphatic carbocycles. The van der Waals surface area contributed by atoms with Gasteiger partial charge < -0.3 is 9.64 Å². The Hall–Kier alpha value is -2.70. The van der Waals surface area contributed by atoms with Gasteiger partial charge in [0.25, 0.3) is 0 Å². The highest BCUT2D eigenvalue weighted by atomic mass is 32.2. The Bertz CT molecular complexity index is 1390. The topological polar surface area (TPSA) is 46.6 Å². The van der Waals surface area contributed by atoms with Crippen LogP contribution in [0.3, 0.4) is 0 Å². The molecule has 4 nitrogen and oxygen atoms in total. The number of benzene rings is 3. The van der Waals surface area contributed by atoms with Crippen molar-refractivity contribution in [3.8, 4) is 16.9 Å². The van der Waals surface area contributed by atoms with E-state index in [2.05, 4.69) is 31.7 Å². The molecule has 1 saturated heterocycles. The van der Waals surface area contributed by atoms with Crippen LogP contribution in [0, 0.1) is 11.2 Å². The van der Waals surface area contributed by atoms with Crippen molar-refractivity contribution in [3.63, 3.8) is 0 Å². The Morgan fingerprint density at radius 3 is 2.26 bits per heavy atom. The maximum absolute atomic E-state index is 15.0. The van der Waals surface area contributed by atoms with Crippen molar-refractivity contribution in [3.05, 3.63) is 89.2 Å². The molecular weight excluding hydrogens is 497 g/mol. The molecule has 0 bridgehead atoms. The molecule has 0 saturated carbocycles. The summed E-state index contributed by atoms with van der Waals surface area (Å²) in [6.45, 7) is 10.1. The normalized spacial score (nSPS) is 17.7. The van der Waals surface area contributed by atoms with Gasteiger partial charge in [-0.3, -0.25) is 0 Å². The first-order valence-corrected chi connectivity index (χ1v) is 15.4. The largest absolute Gasteiger partial charge is 0.487 e. The minimum absolute atomic E-state index is 0.0814. The van der Waals surface area contributed by atoms with Gasteiger partial charge in [-0.2, -0.15) is 0 Å². The molecule has 2 heterocycles. The molecule has 3 aromatic carbocycles. The van der Waals surface area contributed by atoms with Crippen molar-refractivity contribution >= 4 is 9.84 Å². The quantitative estimate of drug-likeness (QED) is 0.348. The van der Waals surface area contributed by atoms with Crippen LogP contribution < -0.4 is 4.74 Å². The average Bonchev–Trinajstić information content (AvgIpc) is 2.86. The van der Waals surface area contributed by atoms with Gasteiger partial charge >= 0.3 is 0 Å². The van der Waals surface area contributed by atoms with Crippen LogP contribution in [0.2, 0.25) is 0 Å². The minimum atomic E-state index is -3.49.